The molecule has 1 atom stereocenters. The van der Waals surface area contributed by atoms with Crippen LogP contribution in [0.3, 0.4) is 0 Å². The summed E-state index contributed by atoms with van der Waals surface area (Å²) in [5.41, 5.74) is 2.65. The molecule has 0 radical (unpaired) electrons. The number of carbonyl (C=O) groups is 1. The number of piperidine rings is 3. The highest BCUT2D eigenvalue weighted by molar-refractivity contribution is 7.13. The van der Waals surface area contributed by atoms with Crippen LogP contribution in [0.4, 0.5) is 10.6 Å². The average molecular weight is 379 g/mol. The number of nitrogens with one attached hydrogen (secondary N) is 1. The van der Waals surface area contributed by atoms with E-state index >= 15 is 0 Å². The number of hydrogen-bond acceptors (Lipinski definition) is 4. The number of benzene rings is 1. The van der Waals surface area contributed by atoms with Gasteiger partial charge in [-0.3, -0.25) is 5.32 Å². The van der Waals surface area contributed by atoms with Gasteiger partial charge in [-0.25, -0.2) is 9.78 Å². The second-order valence-corrected chi connectivity index (χ2v) is 8.49. The number of thiazole rings is 1. The van der Waals surface area contributed by atoms with Crippen LogP contribution in [0.2, 0.25) is 5.02 Å². The molecule has 7 heteroatoms. The van der Waals surface area contributed by atoms with Crippen LogP contribution >= 0.6 is 22.9 Å². The number of fused-ring (bicyclic) bond motifs is 3. The van der Waals surface area contributed by atoms with E-state index in [4.69, 9.17) is 16.3 Å². The average Bonchev–Trinajstić information content (AvgIpc) is 3.03. The smallest absolute Gasteiger partial charge is 0.413 e. The van der Waals surface area contributed by atoms with Crippen LogP contribution in [0.25, 0.3) is 10.4 Å². The molecule has 3 saturated heterocycles. The Morgan fingerprint density at radius 1 is 1.40 bits per heavy atom. The van der Waals surface area contributed by atoms with Gasteiger partial charge in [-0.15, -0.1) is 11.3 Å². The van der Waals surface area contributed by atoms with Gasteiger partial charge >= 0.3 is 6.09 Å². The van der Waals surface area contributed by atoms with E-state index in [0.29, 0.717) is 16.8 Å². The van der Waals surface area contributed by atoms with E-state index in [2.05, 4.69) is 17.3 Å². The molecule has 0 aliphatic carbocycles. The number of aromatic nitrogens is 1. The van der Waals surface area contributed by atoms with Crippen LogP contribution in [-0.4, -0.2) is 48.3 Å². The normalized spacial score (nSPS) is 27.9. The Morgan fingerprint density at radius 3 is 2.92 bits per heavy atom. The number of nitrogens with zero attached hydrogens (tertiary/aromatic N) is 2. The first-order valence-corrected chi connectivity index (χ1v) is 9.79. The third kappa shape index (κ3) is 3.52. The molecular weight excluding hydrogens is 358 g/mol. The predicted molar refractivity (Wildman–Crippen MR) is 100.0 cm³/mol. The SMILES string of the molecule is C[N+]12CCC(CC1)C(OC(=O)Nc1ncsc1-c1cccc(Cl)c1)C2. The highest BCUT2D eigenvalue weighted by Gasteiger charge is 2.45. The Bertz CT molecular complexity index is 786. The van der Waals surface area contributed by atoms with Gasteiger partial charge in [0, 0.05) is 23.8 Å². The lowest BCUT2D eigenvalue weighted by Gasteiger charge is -2.49. The third-order valence-electron chi connectivity index (χ3n) is 5.36. The fourth-order valence-corrected chi connectivity index (χ4v) is 4.85. The number of likely N-dealkylation sites (N-methyl/N-ethyl adjacent to an activating group) is 1. The summed E-state index contributed by atoms with van der Waals surface area (Å²) in [6.45, 7) is 3.30. The zero-order valence-electron chi connectivity index (χ0n) is 14.1. The Hall–Kier alpha value is -1.63. The zero-order valence-corrected chi connectivity index (χ0v) is 15.6. The highest BCUT2D eigenvalue weighted by atomic mass is 35.5. The quantitative estimate of drug-likeness (QED) is 0.812. The van der Waals surface area contributed by atoms with Gasteiger partial charge in [0.1, 0.15) is 6.54 Å². The summed E-state index contributed by atoms with van der Waals surface area (Å²) in [5, 5.41) is 3.47. The molecule has 3 aliphatic rings. The van der Waals surface area contributed by atoms with Crippen molar-refractivity contribution in [1.82, 2.24) is 4.98 Å². The fraction of sp³-hybridized carbons (Fsp3) is 0.444. The van der Waals surface area contributed by atoms with Gasteiger partial charge in [-0.2, -0.15) is 0 Å². The topological polar surface area (TPSA) is 51.2 Å². The molecular formula is C18H21ClN3O2S+. The standard InChI is InChI=1S/C18H20ClN3O2S/c1-22-7-5-12(6-8-22)15(10-22)24-18(23)21-17-16(25-11-20-17)13-3-2-4-14(19)9-13/h2-4,9,11-12,15H,5-8,10H2,1H3/p+1. The molecule has 1 aromatic carbocycles. The molecule has 3 aliphatic heterocycles. The summed E-state index contributed by atoms with van der Waals surface area (Å²) >= 11 is 7.54. The summed E-state index contributed by atoms with van der Waals surface area (Å²) in [6, 6.07) is 7.53. The van der Waals surface area contributed by atoms with Crippen molar-refractivity contribution in [3.05, 3.63) is 34.8 Å². The van der Waals surface area contributed by atoms with Crippen molar-refractivity contribution in [1.29, 1.82) is 0 Å². The minimum atomic E-state index is -0.417. The van der Waals surface area contributed by atoms with Crippen molar-refractivity contribution < 1.29 is 14.0 Å². The van der Waals surface area contributed by atoms with Gasteiger partial charge in [0.15, 0.2) is 11.9 Å². The maximum atomic E-state index is 12.4. The molecule has 1 amide bonds. The Balaban J connectivity index is 1.45. The van der Waals surface area contributed by atoms with Gasteiger partial charge in [0.2, 0.25) is 0 Å². The van der Waals surface area contributed by atoms with E-state index in [1.165, 1.54) is 24.4 Å². The number of halogens is 1. The lowest BCUT2D eigenvalue weighted by molar-refractivity contribution is -0.928. The molecule has 2 bridgehead atoms. The maximum Gasteiger partial charge on any atom is 0.413 e. The van der Waals surface area contributed by atoms with Crippen molar-refractivity contribution >= 4 is 34.8 Å². The van der Waals surface area contributed by atoms with Crippen molar-refractivity contribution in [2.75, 3.05) is 32.0 Å². The highest BCUT2D eigenvalue weighted by Crippen LogP contribution is 2.35. The molecule has 1 aromatic heterocycles. The second-order valence-electron chi connectivity index (χ2n) is 7.20. The number of hydrogen-bond donors (Lipinski definition) is 1. The van der Waals surface area contributed by atoms with E-state index in [0.717, 1.165) is 34.3 Å². The Kier molecular flexibility index (Phi) is 4.43. The Labute approximate surface area is 156 Å². The van der Waals surface area contributed by atoms with E-state index in [-0.39, 0.29) is 6.10 Å². The zero-order chi connectivity index (χ0) is 17.4. The van der Waals surface area contributed by atoms with Crippen LogP contribution in [0, 0.1) is 5.92 Å². The fourth-order valence-electron chi connectivity index (χ4n) is 3.92. The number of quaternary nitrogens is 1. The number of anilines is 1. The molecule has 132 valence electrons. The summed E-state index contributed by atoms with van der Waals surface area (Å²) < 4.78 is 6.76. The first kappa shape index (κ1) is 16.8. The summed E-state index contributed by atoms with van der Waals surface area (Å²) in [4.78, 5) is 17.6. The van der Waals surface area contributed by atoms with Gasteiger partial charge in [0.05, 0.1) is 30.5 Å². The van der Waals surface area contributed by atoms with E-state index < -0.39 is 6.09 Å². The minimum absolute atomic E-state index is 0.000699. The van der Waals surface area contributed by atoms with Gasteiger partial charge < -0.3 is 9.22 Å². The second kappa shape index (κ2) is 6.59. The van der Waals surface area contributed by atoms with Crippen LogP contribution < -0.4 is 5.32 Å². The largest absolute Gasteiger partial charge is 0.440 e. The number of carbonyl (C=O) groups excluding carboxylic acids is 1. The predicted octanol–water partition coefficient (Wildman–Crippen LogP) is 4.25. The lowest BCUT2D eigenvalue weighted by Crippen LogP contribution is -2.62. The van der Waals surface area contributed by atoms with Crippen LogP contribution in [0.1, 0.15) is 12.8 Å². The Morgan fingerprint density at radius 2 is 2.20 bits per heavy atom. The number of amides is 1. The molecule has 4 heterocycles. The van der Waals surface area contributed by atoms with E-state index in [1.54, 1.807) is 5.51 Å². The molecule has 3 fully saturated rings. The van der Waals surface area contributed by atoms with Crippen LogP contribution in [0.15, 0.2) is 29.8 Å². The van der Waals surface area contributed by atoms with E-state index in [9.17, 15) is 4.79 Å². The van der Waals surface area contributed by atoms with Crippen molar-refractivity contribution in [2.24, 2.45) is 5.92 Å². The molecule has 1 unspecified atom stereocenters. The van der Waals surface area contributed by atoms with Crippen LogP contribution in [0.5, 0.6) is 0 Å². The van der Waals surface area contributed by atoms with Crippen LogP contribution in [-0.2, 0) is 4.74 Å². The summed E-state index contributed by atoms with van der Waals surface area (Å²) in [5.74, 6) is 1.02. The van der Waals surface area contributed by atoms with E-state index in [1.807, 2.05) is 24.3 Å². The summed E-state index contributed by atoms with van der Waals surface area (Å²) in [6.07, 6.45) is 1.86. The molecule has 5 nitrogen and oxygen atoms in total. The van der Waals surface area contributed by atoms with Crippen molar-refractivity contribution in [3.8, 4) is 10.4 Å². The molecule has 0 saturated carbocycles. The molecule has 0 spiro atoms. The third-order valence-corrected chi connectivity index (χ3v) is 6.47. The van der Waals surface area contributed by atoms with Crippen molar-refractivity contribution in [2.45, 2.75) is 18.9 Å². The van der Waals surface area contributed by atoms with Gasteiger partial charge in [0.25, 0.3) is 0 Å². The number of rotatable bonds is 3. The minimum Gasteiger partial charge on any atom is -0.440 e. The summed E-state index contributed by atoms with van der Waals surface area (Å²) in [7, 11) is 2.25. The van der Waals surface area contributed by atoms with Gasteiger partial charge in [-0.1, -0.05) is 23.7 Å². The first-order chi connectivity index (χ1) is 12.0. The molecule has 2 aromatic rings. The molecule has 25 heavy (non-hydrogen) atoms. The molecule has 5 rings (SSSR count). The van der Waals surface area contributed by atoms with Crippen molar-refractivity contribution in [3.63, 3.8) is 0 Å². The first-order valence-electron chi connectivity index (χ1n) is 8.53. The van der Waals surface area contributed by atoms with Gasteiger partial charge in [-0.05, 0) is 17.7 Å². The maximum absolute atomic E-state index is 12.4. The molecule has 1 N–H and O–H groups in total. The number of ether oxygens (including phenoxy) is 1. The lowest BCUT2D eigenvalue weighted by atomic mass is 9.84. The monoisotopic (exact) mass is 378 g/mol.